The molecule has 0 aliphatic heterocycles. The maximum atomic E-state index is 8.78. The van der Waals surface area contributed by atoms with Gasteiger partial charge in [-0.05, 0) is 6.42 Å². The smallest absolute Gasteiger partial charge is 0.116 e. The van der Waals surface area contributed by atoms with E-state index in [1.54, 1.807) is 0 Å². The highest BCUT2D eigenvalue weighted by molar-refractivity contribution is 4.54. The van der Waals surface area contributed by atoms with E-state index >= 15 is 0 Å². The summed E-state index contributed by atoms with van der Waals surface area (Å²) < 4.78 is 0. The van der Waals surface area contributed by atoms with E-state index in [0.29, 0.717) is 0 Å². The van der Waals surface area contributed by atoms with Crippen molar-refractivity contribution in [3.05, 3.63) is 0 Å². The van der Waals surface area contributed by atoms with E-state index in [4.69, 9.17) is 10.4 Å². The molecule has 0 heterocycles. The van der Waals surface area contributed by atoms with Crippen molar-refractivity contribution in [2.75, 3.05) is 6.61 Å². The standard InChI is InChI=1S/C14H30O3/c1-2-3-4-5-6-7-8-9-10-11-12-14(13-15)17-16/h14-16H,2-13H2,1H3. The van der Waals surface area contributed by atoms with Crippen LogP contribution in [0.3, 0.4) is 0 Å². The Balaban J connectivity index is 3.03. The molecule has 0 bridgehead atoms. The van der Waals surface area contributed by atoms with E-state index in [0.717, 1.165) is 12.8 Å². The van der Waals surface area contributed by atoms with Crippen LogP contribution in [0.1, 0.15) is 77.6 Å². The Bertz CT molecular complexity index is 135. The Morgan fingerprint density at radius 1 is 0.824 bits per heavy atom. The molecule has 0 aliphatic rings. The quantitative estimate of drug-likeness (QED) is 0.291. The molecule has 104 valence electrons. The number of hydrogen-bond acceptors (Lipinski definition) is 3. The van der Waals surface area contributed by atoms with Crippen molar-refractivity contribution in [2.24, 2.45) is 0 Å². The van der Waals surface area contributed by atoms with Crippen molar-refractivity contribution >= 4 is 0 Å². The van der Waals surface area contributed by atoms with Crippen molar-refractivity contribution in [3.63, 3.8) is 0 Å². The average Bonchev–Trinajstić information content (AvgIpc) is 2.36. The number of hydrogen-bond donors (Lipinski definition) is 2. The lowest BCUT2D eigenvalue weighted by molar-refractivity contribution is -0.286. The maximum absolute atomic E-state index is 8.78. The van der Waals surface area contributed by atoms with E-state index < -0.39 is 0 Å². The Morgan fingerprint density at radius 2 is 1.29 bits per heavy atom. The van der Waals surface area contributed by atoms with Crippen LogP contribution in [0.15, 0.2) is 0 Å². The van der Waals surface area contributed by atoms with E-state index in [2.05, 4.69) is 11.8 Å². The van der Waals surface area contributed by atoms with E-state index in [-0.39, 0.29) is 12.7 Å². The second-order valence-corrected chi connectivity index (χ2v) is 4.88. The molecule has 0 rings (SSSR count). The summed E-state index contributed by atoms with van der Waals surface area (Å²) in [5.41, 5.74) is 0. The van der Waals surface area contributed by atoms with Crippen molar-refractivity contribution < 1.29 is 15.3 Å². The molecule has 3 nitrogen and oxygen atoms in total. The Kier molecular flexibility index (Phi) is 13.8. The predicted octanol–water partition coefficient (Wildman–Crippen LogP) is 4.15. The van der Waals surface area contributed by atoms with Crippen LogP contribution < -0.4 is 0 Å². The van der Waals surface area contributed by atoms with Gasteiger partial charge in [0.25, 0.3) is 0 Å². The van der Waals surface area contributed by atoms with Crippen LogP contribution in [0.4, 0.5) is 0 Å². The molecule has 0 amide bonds. The third-order valence-electron chi connectivity index (χ3n) is 3.23. The van der Waals surface area contributed by atoms with Gasteiger partial charge in [0.1, 0.15) is 6.10 Å². The van der Waals surface area contributed by atoms with Crippen molar-refractivity contribution in [1.29, 1.82) is 0 Å². The highest BCUT2D eigenvalue weighted by atomic mass is 17.1. The minimum absolute atomic E-state index is 0.0894. The molecule has 0 saturated heterocycles. The van der Waals surface area contributed by atoms with Gasteiger partial charge in [-0.25, -0.2) is 4.89 Å². The molecule has 0 aromatic heterocycles. The van der Waals surface area contributed by atoms with Gasteiger partial charge >= 0.3 is 0 Å². The first-order valence-corrected chi connectivity index (χ1v) is 7.26. The van der Waals surface area contributed by atoms with Gasteiger partial charge in [0.2, 0.25) is 0 Å². The van der Waals surface area contributed by atoms with Gasteiger partial charge in [0.05, 0.1) is 6.61 Å². The van der Waals surface area contributed by atoms with Crippen molar-refractivity contribution in [1.82, 2.24) is 0 Å². The van der Waals surface area contributed by atoms with Gasteiger partial charge in [0.15, 0.2) is 0 Å². The summed E-state index contributed by atoms with van der Waals surface area (Å²) in [5, 5.41) is 17.2. The van der Waals surface area contributed by atoms with Crippen LogP contribution in [0.25, 0.3) is 0 Å². The molecular formula is C14H30O3. The summed E-state index contributed by atoms with van der Waals surface area (Å²) in [4.78, 5) is 4.13. The predicted molar refractivity (Wildman–Crippen MR) is 71.0 cm³/mol. The van der Waals surface area contributed by atoms with Crippen molar-refractivity contribution in [3.8, 4) is 0 Å². The van der Waals surface area contributed by atoms with Gasteiger partial charge in [-0.3, -0.25) is 5.26 Å². The van der Waals surface area contributed by atoms with Crippen LogP contribution in [-0.2, 0) is 4.89 Å². The minimum atomic E-state index is -0.385. The Hall–Kier alpha value is -0.120. The van der Waals surface area contributed by atoms with Crippen molar-refractivity contribution in [2.45, 2.75) is 83.7 Å². The number of rotatable bonds is 13. The second-order valence-electron chi connectivity index (χ2n) is 4.88. The first-order chi connectivity index (χ1) is 8.35. The fraction of sp³-hybridized carbons (Fsp3) is 1.00. The normalized spacial score (nSPS) is 12.9. The number of aliphatic hydroxyl groups excluding tert-OH is 1. The van der Waals surface area contributed by atoms with Gasteiger partial charge in [-0.2, -0.15) is 0 Å². The fourth-order valence-corrected chi connectivity index (χ4v) is 2.04. The lowest BCUT2D eigenvalue weighted by atomic mass is 10.0. The van der Waals surface area contributed by atoms with Gasteiger partial charge in [-0.15, -0.1) is 0 Å². The molecule has 0 spiro atoms. The third kappa shape index (κ3) is 12.1. The molecule has 0 fully saturated rings. The molecule has 0 aromatic carbocycles. The van der Waals surface area contributed by atoms with E-state index in [9.17, 15) is 0 Å². The summed E-state index contributed by atoms with van der Waals surface area (Å²) >= 11 is 0. The largest absolute Gasteiger partial charge is 0.394 e. The molecule has 17 heavy (non-hydrogen) atoms. The molecule has 3 heteroatoms. The van der Waals surface area contributed by atoms with Gasteiger partial charge < -0.3 is 5.11 Å². The zero-order chi connectivity index (χ0) is 12.8. The highest BCUT2D eigenvalue weighted by Gasteiger charge is 2.05. The number of unbranched alkanes of at least 4 members (excludes halogenated alkanes) is 9. The maximum Gasteiger partial charge on any atom is 0.116 e. The summed E-state index contributed by atoms with van der Waals surface area (Å²) in [6.45, 7) is 2.16. The Labute approximate surface area is 106 Å². The van der Waals surface area contributed by atoms with Crippen LogP contribution in [0, 0.1) is 0 Å². The summed E-state index contributed by atoms with van der Waals surface area (Å²) in [7, 11) is 0. The minimum Gasteiger partial charge on any atom is -0.394 e. The topological polar surface area (TPSA) is 49.7 Å². The second kappa shape index (κ2) is 13.9. The summed E-state index contributed by atoms with van der Waals surface area (Å²) in [6.07, 6.45) is 13.4. The zero-order valence-electron chi connectivity index (χ0n) is 11.4. The average molecular weight is 246 g/mol. The number of aliphatic hydroxyl groups is 1. The van der Waals surface area contributed by atoms with E-state index in [1.807, 2.05) is 0 Å². The molecule has 0 aliphatic carbocycles. The molecule has 2 N–H and O–H groups in total. The monoisotopic (exact) mass is 246 g/mol. The highest BCUT2D eigenvalue weighted by Crippen LogP contribution is 2.12. The van der Waals surface area contributed by atoms with Crippen LogP contribution in [0.5, 0.6) is 0 Å². The SMILES string of the molecule is CCCCCCCCCCCCC(CO)OO. The third-order valence-corrected chi connectivity index (χ3v) is 3.23. The first kappa shape index (κ1) is 16.9. The van der Waals surface area contributed by atoms with Crippen LogP contribution in [-0.4, -0.2) is 23.1 Å². The molecule has 1 unspecified atom stereocenters. The molecule has 0 saturated carbocycles. The summed E-state index contributed by atoms with van der Waals surface area (Å²) in [6, 6.07) is 0. The lowest BCUT2D eigenvalue weighted by Crippen LogP contribution is -2.15. The van der Waals surface area contributed by atoms with Gasteiger partial charge in [-0.1, -0.05) is 71.1 Å². The summed E-state index contributed by atoms with van der Waals surface area (Å²) in [5.74, 6) is 0. The fourth-order valence-electron chi connectivity index (χ4n) is 2.04. The van der Waals surface area contributed by atoms with Crippen LogP contribution in [0.2, 0.25) is 0 Å². The molecular weight excluding hydrogens is 216 g/mol. The lowest BCUT2D eigenvalue weighted by Gasteiger charge is -2.09. The molecule has 0 aromatic rings. The molecule has 0 radical (unpaired) electrons. The Morgan fingerprint density at radius 3 is 1.71 bits per heavy atom. The first-order valence-electron chi connectivity index (χ1n) is 7.26. The van der Waals surface area contributed by atoms with Crippen LogP contribution >= 0.6 is 0 Å². The zero-order valence-corrected chi connectivity index (χ0v) is 11.4. The van der Waals surface area contributed by atoms with Gasteiger partial charge in [0, 0.05) is 0 Å². The molecule has 1 atom stereocenters. The van der Waals surface area contributed by atoms with E-state index in [1.165, 1.54) is 57.8 Å².